The van der Waals surface area contributed by atoms with E-state index in [1.807, 2.05) is 6.92 Å². The lowest BCUT2D eigenvalue weighted by Gasteiger charge is -2.17. The molecule has 1 aromatic heterocycles. The number of aromatic nitrogens is 1. The third-order valence-electron chi connectivity index (χ3n) is 3.42. The van der Waals surface area contributed by atoms with Crippen molar-refractivity contribution in [3.63, 3.8) is 0 Å². The highest BCUT2D eigenvalue weighted by atomic mass is 35.5. The molecule has 0 radical (unpaired) electrons. The van der Waals surface area contributed by atoms with Gasteiger partial charge in [-0.1, -0.05) is 29.6 Å². The third-order valence-corrected chi connectivity index (χ3v) is 4.00. The largest absolute Gasteiger partial charge is 0.393 e. The summed E-state index contributed by atoms with van der Waals surface area (Å²) in [5, 5.41) is 17.1. The van der Waals surface area contributed by atoms with Crippen molar-refractivity contribution in [3.8, 4) is 0 Å². The molecule has 1 aliphatic rings. The van der Waals surface area contributed by atoms with Gasteiger partial charge in [-0.05, 0) is 25.8 Å². The van der Waals surface area contributed by atoms with Crippen LogP contribution in [0.15, 0.2) is 6.07 Å². The van der Waals surface area contributed by atoms with Crippen molar-refractivity contribution in [2.24, 2.45) is 5.92 Å². The van der Waals surface area contributed by atoms with Crippen LogP contribution in [0.3, 0.4) is 0 Å². The first-order valence-electron chi connectivity index (χ1n) is 6.63. The summed E-state index contributed by atoms with van der Waals surface area (Å²) in [7, 11) is 0. The molecule has 4 nitrogen and oxygen atoms in total. The Kier molecular flexibility index (Phi) is 5.13. The Morgan fingerprint density at radius 2 is 1.95 bits per heavy atom. The zero-order chi connectivity index (χ0) is 13.8. The van der Waals surface area contributed by atoms with Crippen molar-refractivity contribution >= 4 is 34.8 Å². The topological polar surface area (TPSA) is 57.2 Å². The van der Waals surface area contributed by atoms with Crippen molar-refractivity contribution in [2.75, 3.05) is 23.7 Å². The van der Waals surface area contributed by atoms with Crippen LogP contribution >= 0.6 is 23.2 Å². The molecule has 1 aromatic rings. The van der Waals surface area contributed by atoms with Gasteiger partial charge < -0.3 is 15.7 Å². The van der Waals surface area contributed by atoms with Gasteiger partial charge in [0.1, 0.15) is 11.6 Å². The average molecular weight is 304 g/mol. The second-order valence-corrected chi connectivity index (χ2v) is 5.63. The first-order valence-corrected chi connectivity index (χ1v) is 7.39. The van der Waals surface area contributed by atoms with Crippen LogP contribution in [-0.2, 0) is 0 Å². The average Bonchev–Trinajstić information content (AvgIpc) is 2.77. The molecule has 2 rings (SSSR count). The van der Waals surface area contributed by atoms with Crippen molar-refractivity contribution in [3.05, 3.63) is 16.1 Å². The van der Waals surface area contributed by atoms with Gasteiger partial charge in [0.2, 0.25) is 0 Å². The van der Waals surface area contributed by atoms with E-state index in [2.05, 4.69) is 15.6 Å². The van der Waals surface area contributed by atoms with Crippen LogP contribution in [0.5, 0.6) is 0 Å². The number of aliphatic hydroxyl groups excluding tert-OH is 1. The van der Waals surface area contributed by atoms with Crippen LogP contribution in [0, 0.1) is 5.92 Å². The van der Waals surface area contributed by atoms with Gasteiger partial charge in [0.05, 0.1) is 16.1 Å². The van der Waals surface area contributed by atoms with E-state index in [0.717, 1.165) is 25.8 Å². The van der Waals surface area contributed by atoms with Gasteiger partial charge in [-0.15, -0.1) is 0 Å². The number of anilines is 2. The van der Waals surface area contributed by atoms with Gasteiger partial charge in [-0.2, -0.15) is 0 Å². The predicted molar refractivity (Wildman–Crippen MR) is 80.3 cm³/mol. The van der Waals surface area contributed by atoms with Crippen LogP contribution in [0.2, 0.25) is 10.0 Å². The summed E-state index contributed by atoms with van der Waals surface area (Å²) in [4.78, 5) is 4.38. The monoisotopic (exact) mass is 303 g/mol. The van der Waals surface area contributed by atoms with Gasteiger partial charge in [0.15, 0.2) is 0 Å². The predicted octanol–water partition coefficient (Wildman–Crippen LogP) is 3.39. The summed E-state index contributed by atoms with van der Waals surface area (Å²) in [6.45, 7) is 3.41. The maximum atomic E-state index is 9.79. The van der Waals surface area contributed by atoms with Gasteiger partial charge in [0.25, 0.3) is 0 Å². The number of hydrogen-bond donors (Lipinski definition) is 3. The van der Waals surface area contributed by atoms with Gasteiger partial charge >= 0.3 is 0 Å². The molecule has 0 saturated heterocycles. The smallest absolute Gasteiger partial charge is 0.147 e. The molecule has 0 amide bonds. The molecule has 0 aromatic carbocycles. The zero-order valence-electron chi connectivity index (χ0n) is 10.9. The van der Waals surface area contributed by atoms with E-state index in [1.54, 1.807) is 6.07 Å². The fraction of sp³-hybridized carbons (Fsp3) is 0.615. The Balaban J connectivity index is 2.04. The quantitative estimate of drug-likeness (QED) is 0.780. The molecule has 1 aliphatic carbocycles. The molecule has 0 spiro atoms. The third kappa shape index (κ3) is 3.65. The minimum atomic E-state index is -0.216. The molecule has 1 saturated carbocycles. The second-order valence-electron chi connectivity index (χ2n) is 4.82. The van der Waals surface area contributed by atoms with Crippen LogP contribution < -0.4 is 10.6 Å². The second kappa shape index (κ2) is 6.64. The van der Waals surface area contributed by atoms with E-state index in [4.69, 9.17) is 23.2 Å². The molecule has 3 N–H and O–H groups in total. The lowest BCUT2D eigenvalue weighted by atomic mass is 10.1. The minimum Gasteiger partial charge on any atom is -0.393 e. The molecule has 0 aliphatic heterocycles. The lowest BCUT2D eigenvalue weighted by Crippen LogP contribution is -2.22. The van der Waals surface area contributed by atoms with Crippen LogP contribution in [0.4, 0.5) is 11.6 Å². The van der Waals surface area contributed by atoms with Crippen molar-refractivity contribution in [1.82, 2.24) is 4.98 Å². The molecular formula is C13H19Cl2N3O. The highest BCUT2D eigenvalue weighted by Crippen LogP contribution is 2.30. The Hall–Kier alpha value is -0.710. The molecule has 0 bridgehead atoms. The SMILES string of the molecule is CCNc1nc(NCC2CCCC2O)c(Cl)cc1Cl. The number of halogens is 2. The molecule has 1 heterocycles. The normalized spacial score (nSPS) is 22.5. The maximum Gasteiger partial charge on any atom is 0.147 e. The molecule has 2 atom stereocenters. The summed E-state index contributed by atoms with van der Waals surface area (Å²) in [5.41, 5.74) is 0. The Labute approximate surface area is 123 Å². The number of nitrogens with zero attached hydrogens (tertiary/aromatic N) is 1. The van der Waals surface area contributed by atoms with E-state index < -0.39 is 0 Å². The lowest BCUT2D eigenvalue weighted by molar-refractivity contribution is 0.138. The van der Waals surface area contributed by atoms with Crippen LogP contribution in [-0.4, -0.2) is 29.3 Å². The van der Waals surface area contributed by atoms with E-state index in [0.29, 0.717) is 28.2 Å². The molecule has 106 valence electrons. The number of pyridine rings is 1. The highest BCUT2D eigenvalue weighted by Gasteiger charge is 2.25. The zero-order valence-corrected chi connectivity index (χ0v) is 12.4. The summed E-state index contributed by atoms with van der Waals surface area (Å²) >= 11 is 12.2. The minimum absolute atomic E-state index is 0.216. The van der Waals surface area contributed by atoms with Gasteiger partial charge in [-0.3, -0.25) is 0 Å². The molecule has 6 heteroatoms. The Morgan fingerprint density at radius 1 is 1.26 bits per heavy atom. The van der Waals surface area contributed by atoms with Crippen molar-refractivity contribution in [1.29, 1.82) is 0 Å². The van der Waals surface area contributed by atoms with Crippen LogP contribution in [0.1, 0.15) is 26.2 Å². The van der Waals surface area contributed by atoms with Crippen LogP contribution in [0.25, 0.3) is 0 Å². The highest BCUT2D eigenvalue weighted by molar-refractivity contribution is 6.37. The summed E-state index contributed by atoms with van der Waals surface area (Å²) in [5.74, 6) is 1.51. The van der Waals surface area contributed by atoms with E-state index in [9.17, 15) is 5.11 Å². The summed E-state index contributed by atoms with van der Waals surface area (Å²) in [6.07, 6.45) is 2.79. The molecule has 2 unspecified atom stereocenters. The van der Waals surface area contributed by atoms with E-state index in [1.165, 1.54) is 0 Å². The summed E-state index contributed by atoms with van der Waals surface area (Å²) in [6, 6.07) is 1.68. The number of hydrogen-bond acceptors (Lipinski definition) is 4. The van der Waals surface area contributed by atoms with E-state index in [-0.39, 0.29) is 12.0 Å². The van der Waals surface area contributed by atoms with Crippen molar-refractivity contribution in [2.45, 2.75) is 32.3 Å². The fourth-order valence-electron chi connectivity index (χ4n) is 2.37. The number of rotatable bonds is 5. The number of aliphatic hydroxyl groups is 1. The number of nitrogens with one attached hydrogen (secondary N) is 2. The molecule has 1 fully saturated rings. The Morgan fingerprint density at radius 3 is 2.53 bits per heavy atom. The molecular weight excluding hydrogens is 285 g/mol. The van der Waals surface area contributed by atoms with Gasteiger partial charge in [0, 0.05) is 19.0 Å². The Bertz CT molecular complexity index is 442. The first-order chi connectivity index (χ1) is 9.11. The summed E-state index contributed by atoms with van der Waals surface area (Å²) < 4.78 is 0. The maximum absolute atomic E-state index is 9.79. The van der Waals surface area contributed by atoms with Crippen molar-refractivity contribution < 1.29 is 5.11 Å². The molecule has 19 heavy (non-hydrogen) atoms. The van der Waals surface area contributed by atoms with E-state index >= 15 is 0 Å². The van der Waals surface area contributed by atoms with Gasteiger partial charge in [-0.25, -0.2) is 4.98 Å². The first kappa shape index (κ1) is 14.7. The fourth-order valence-corrected chi connectivity index (χ4v) is 2.86. The standard InChI is InChI=1S/C13H19Cl2N3O/c1-2-16-12-9(14)6-10(15)13(18-12)17-7-8-4-3-5-11(8)19/h6,8,11,19H,2-5,7H2,1H3,(H2,16,17,18).